The molecule has 1 aromatic carbocycles. The van der Waals surface area contributed by atoms with E-state index in [4.69, 9.17) is 4.74 Å². The summed E-state index contributed by atoms with van der Waals surface area (Å²) in [6, 6.07) is 8.99. The summed E-state index contributed by atoms with van der Waals surface area (Å²) < 4.78 is 6.91. The maximum atomic E-state index is 6.91. The lowest BCUT2D eigenvalue weighted by atomic mass is 9.71. The molecule has 1 heterocycles. The van der Waals surface area contributed by atoms with Gasteiger partial charge in [0.25, 0.3) is 0 Å². The third-order valence-corrected chi connectivity index (χ3v) is 5.89. The smallest absolute Gasteiger partial charge is 0.0975 e. The maximum Gasteiger partial charge on any atom is 0.0975 e. The highest BCUT2D eigenvalue weighted by atomic mass is 16.5. The minimum absolute atomic E-state index is 0.0590. The van der Waals surface area contributed by atoms with E-state index in [9.17, 15) is 0 Å². The Bertz CT molecular complexity index is 530. The van der Waals surface area contributed by atoms with Crippen molar-refractivity contribution in [3.63, 3.8) is 0 Å². The van der Waals surface area contributed by atoms with E-state index in [0.717, 1.165) is 13.0 Å². The molecular weight excluding hydrogens is 282 g/mol. The van der Waals surface area contributed by atoms with Crippen LogP contribution in [0.3, 0.4) is 0 Å². The number of benzene rings is 1. The lowest BCUT2D eigenvalue weighted by Crippen LogP contribution is -2.39. The van der Waals surface area contributed by atoms with Crippen LogP contribution in [-0.2, 0) is 15.9 Å². The fourth-order valence-corrected chi connectivity index (χ4v) is 4.86. The quantitative estimate of drug-likeness (QED) is 0.752. The second-order valence-corrected chi connectivity index (χ2v) is 8.29. The second kappa shape index (κ2) is 6.57. The van der Waals surface area contributed by atoms with Crippen LogP contribution < -0.4 is 0 Å². The average Bonchev–Trinajstić information content (AvgIpc) is 2.77. The van der Waals surface area contributed by atoms with Gasteiger partial charge < -0.3 is 9.64 Å². The molecule has 2 nitrogen and oxygen atoms in total. The average molecular weight is 316 g/mol. The number of hydrogen-bond donors (Lipinski definition) is 0. The minimum atomic E-state index is -0.161. The summed E-state index contributed by atoms with van der Waals surface area (Å²) in [6.45, 7) is 5.64. The summed E-state index contributed by atoms with van der Waals surface area (Å²) >= 11 is 0. The minimum Gasteiger partial charge on any atom is -0.359 e. The van der Waals surface area contributed by atoms with E-state index in [1.54, 1.807) is 0 Å². The summed E-state index contributed by atoms with van der Waals surface area (Å²) in [6.07, 6.45) is 9.14. The van der Waals surface area contributed by atoms with Gasteiger partial charge in [0.15, 0.2) is 0 Å². The van der Waals surface area contributed by atoms with E-state index in [2.05, 4.69) is 57.1 Å². The van der Waals surface area contributed by atoms with E-state index in [-0.39, 0.29) is 11.2 Å². The third-order valence-electron chi connectivity index (χ3n) is 5.89. The molecule has 0 radical (unpaired) electrons. The molecule has 128 valence electrons. The summed E-state index contributed by atoms with van der Waals surface area (Å²) in [5, 5.41) is 0. The molecule has 0 amide bonds. The lowest BCUT2D eigenvalue weighted by Gasteiger charge is -2.42. The van der Waals surface area contributed by atoms with Crippen molar-refractivity contribution in [1.29, 1.82) is 0 Å². The number of hydrogen-bond acceptors (Lipinski definition) is 2. The molecule has 0 aromatic heterocycles. The Hall–Kier alpha value is -0.860. The van der Waals surface area contributed by atoms with Gasteiger partial charge in [-0.25, -0.2) is 0 Å². The van der Waals surface area contributed by atoms with Gasteiger partial charge in [0.05, 0.1) is 11.2 Å². The molecule has 1 unspecified atom stereocenters. The van der Waals surface area contributed by atoms with Crippen LogP contribution in [0.4, 0.5) is 0 Å². The molecule has 1 fully saturated rings. The highest BCUT2D eigenvalue weighted by Crippen LogP contribution is 2.55. The standard InChI is InChI=1S/C21H33NO/c1-20(2)18-13-8-9-14-19(18)21(23-20,15-10-16-22(3)4)17-11-6-5-7-12-17/h8-9,13-14,17H,5-7,10-12,15-16H2,1-4H3. The normalized spacial score (nSPS) is 27.3. The van der Waals surface area contributed by atoms with Crippen LogP contribution in [0.15, 0.2) is 24.3 Å². The van der Waals surface area contributed by atoms with Gasteiger partial charge in [-0.1, -0.05) is 43.5 Å². The lowest BCUT2D eigenvalue weighted by molar-refractivity contribution is -0.166. The number of nitrogens with zero attached hydrogens (tertiary/aromatic N) is 1. The van der Waals surface area contributed by atoms with Crippen molar-refractivity contribution in [3.05, 3.63) is 35.4 Å². The Morgan fingerprint density at radius 1 is 1.04 bits per heavy atom. The van der Waals surface area contributed by atoms with Crippen molar-refractivity contribution >= 4 is 0 Å². The van der Waals surface area contributed by atoms with Crippen LogP contribution in [0.2, 0.25) is 0 Å². The molecule has 0 saturated heterocycles. The highest BCUT2D eigenvalue weighted by Gasteiger charge is 2.52. The van der Waals surface area contributed by atoms with Gasteiger partial charge in [-0.2, -0.15) is 0 Å². The topological polar surface area (TPSA) is 12.5 Å². The van der Waals surface area contributed by atoms with Crippen molar-refractivity contribution in [2.24, 2.45) is 5.92 Å². The molecule has 1 aliphatic heterocycles. The van der Waals surface area contributed by atoms with Crippen LogP contribution in [0.1, 0.15) is 69.9 Å². The van der Waals surface area contributed by atoms with Gasteiger partial charge >= 0.3 is 0 Å². The van der Waals surface area contributed by atoms with Gasteiger partial charge in [0.2, 0.25) is 0 Å². The molecule has 2 aliphatic rings. The number of ether oxygens (including phenoxy) is 1. The van der Waals surface area contributed by atoms with Crippen molar-refractivity contribution < 1.29 is 4.74 Å². The fourth-order valence-electron chi connectivity index (χ4n) is 4.86. The Kier molecular flexibility index (Phi) is 4.85. The summed E-state index contributed by atoms with van der Waals surface area (Å²) in [5.74, 6) is 0.682. The third kappa shape index (κ3) is 3.21. The monoisotopic (exact) mass is 315 g/mol. The van der Waals surface area contributed by atoms with Crippen molar-refractivity contribution in [1.82, 2.24) is 4.90 Å². The molecule has 1 atom stereocenters. The first-order valence-electron chi connectivity index (χ1n) is 9.40. The number of rotatable bonds is 5. The molecule has 0 bridgehead atoms. The molecule has 0 N–H and O–H groups in total. The Balaban J connectivity index is 1.95. The maximum absolute atomic E-state index is 6.91. The van der Waals surface area contributed by atoms with Crippen LogP contribution in [-0.4, -0.2) is 25.5 Å². The molecule has 1 aliphatic carbocycles. The zero-order chi connectivity index (χ0) is 16.5. The highest BCUT2D eigenvalue weighted by molar-refractivity contribution is 5.41. The van der Waals surface area contributed by atoms with Crippen LogP contribution in [0.5, 0.6) is 0 Å². The predicted molar refractivity (Wildman–Crippen MR) is 96.6 cm³/mol. The van der Waals surface area contributed by atoms with E-state index >= 15 is 0 Å². The largest absolute Gasteiger partial charge is 0.359 e. The van der Waals surface area contributed by atoms with Gasteiger partial charge in [0.1, 0.15) is 0 Å². The van der Waals surface area contributed by atoms with Crippen molar-refractivity contribution in [2.45, 2.75) is 70.0 Å². The van der Waals surface area contributed by atoms with Crippen LogP contribution in [0.25, 0.3) is 0 Å². The van der Waals surface area contributed by atoms with Crippen molar-refractivity contribution in [3.8, 4) is 0 Å². The van der Waals surface area contributed by atoms with Gasteiger partial charge in [0, 0.05) is 0 Å². The molecule has 3 rings (SSSR count). The first-order valence-corrected chi connectivity index (χ1v) is 9.40. The second-order valence-electron chi connectivity index (χ2n) is 8.29. The predicted octanol–water partition coefficient (Wildman–Crippen LogP) is 5.07. The first kappa shape index (κ1) is 17.0. The number of fused-ring (bicyclic) bond motifs is 1. The van der Waals surface area contributed by atoms with E-state index in [1.165, 1.54) is 49.7 Å². The van der Waals surface area contributed by atoms with E-state index in [1.807, 2.05) is 0 Å². The van der Waals surface area contributed by atoms with Crippen LogP contribution >= 0.6 is 0 Å². The van der Waals surface area contributed by atoms with Gasteiger partial charge in [-0.15, -0.1) is 0 Å². The molecule has 2 heteroatoms. The Labute approximate surface area is 142 Å². The molecule has 1 aromatic rings. The van der Waals surface area contributed by atoms with E-state index < -0.39 is 0 Å². The van der Waals surface area contributed by atoms with E-state index in [0.29, 0.717) is 5.92 Å². The Morgan fingerprint density at radius 2 is 1.70 bits per heavy atom. The summed E-state index contributed by atoms with van der Waals surface area (Å²) in [4.78, 5) is 2.29. The Morgan fingerprint density at radius 3 is 2.35 bits per heavy atom. The summed E-state index contributed by atoms with van der Waals surface area (Å²) in [7, 11) is 4.33. The SMILES string of the molecule is CN(C)CCCC1(C2CCCCC2)OC(C)(C)c2ccccc21. The van der Waals surface area contributed by atoms with Gasteiger partial charge in [-0.05, 0) is 77.2 Å². The zero-order valence-electron chi connectivity index (χ0n) is 15.4. The van der Waals surface area contributed by atoms with Crippen LogP contribution in [0, 0.1) is 5.92 Å². The van der Waals surface area contributed by atoms with Gasteiger partial charge in [-0.3, -0.25) is 0 Å². The molecule has 0 spiro atoms. The molecular formula is C21H33NO. The first-order chi connectivity index (χ1) is 11.0. The zero-order valence-corrected chi connectivity index (χ0v) is 15.4. The summed E-state index contributed by atoms with van der Waals surface area (Å²) in [5.41, 5.74) is 2.67. The fraction of sp³-hybridized carbons (Fsp3) is 0.714. The molecule has 1 saturated carbocycles. The van der Waals surface area contributed by atoms with Crippen molar-refractivity contribution in [2.75, 3.05) is 20.6 Å². The molecule has 23 heavy (non-hydrogen) atoms.